The molecule has 0 aliphatic heterocycles. The number of methoxy groups -OCH3 is 1. The Hall–Kier alpha value is -1.81. The van der Waals surface area contributed by atoms with Crippen LogP contribution in [-0.2, 0) is 0 Å². The summed E-state index contributed by atoms with van der Waals surface area (Å²) in [5.41, 5.74) is 9.10. The van der Waals surface area contributed by atoms with Crippen molar-refractivity contribution < 1.29 is 4.74 Å². The van der Waals surface area contributed by atoms with Crippen LogP contribution in [0.4, 0.5) is 5.69 Å². The fourth-order valence-electron chi connectivity index (χ4n) is 3.26. The highest BCUT2D eigenvalue weighted by molar-refractivity contribution is 5.94. The van der Waals surface area contributed by atoms with Gasteiger partial charge >= 0.3 is 0 Å². The van der Waals surface area contributed by atoms with E-state index in [4.69, 9.17) is 15.5 Å². The molecule has 1 aromatic carbocycles. The van der Waals surface area contributed by atoms with Crippen molar-refractivity contribution in [3.05, 3.63) is 30.0 Å². The van der Waals surface area contributed by atoms with Gasteiger partial charge in [-0.05, 0) is 57.4 Å². The molecule has 1 aromatic heterocycles. The number of aromatic nitrogens is 1. The smallest absolute Gasteiger partial charge is 0.121 e. The number of aryl methyl sites for hydroxylation is 1. The van der Waals surface area contributed by atoms with E-state index in [0.717, 1.165) is 37.2 Å². The summed E-state index contributed by atoms with van der Waals surface area (Å²) in [4.78, 5) is 7.20. The normalized spacial score (nSPS) is 12.4. The van der Waals surface area contributed by atoms with Crippen LogP contribution in [0.15, 0.2) is 24.4 Å². The second-order valence-corrected chi connectivity index (χ2v) is 6.82. The highest BCUT2D eigenvalue weighted by atomic mass is 16.5. The standard InChI is InChI=1S/C21H33N3O/c1-5-17(3)24(13-9-7-6-8-11-22)20-15-18(25-4)14-19-16(2)10-12-23-21(19)20/h10,12,14-15,17H,5-9,11,13,22H2,1-4H3. The number of hydrogen-bond acceptors (Lipinski definition) is 4. The third-order valence-corrected chi connectivity index (χ3v) is 5.04. The summed E-state index contributed by atoms with van der Waals surface area (Å²) in [5, 5.41) is 1.17. The zero-order valence-corrected chi connectivity index (χ0v) is 16.2. The van der Waals surface area contributed by atoms with Crippen LogP contribution in [0.3, 0.4) is 0 Å². The number of ether oxygens (including phenoxy) is 1. The lowest BCUT2D eigenvalue weighted by molar-refractivity contribution is 0.415. The molecular formula is C21H33N3O. The van der Waals surface area contributed by atoms with Crippen LogP contribution in [0.5, 0.6) is 5.75 Å². The Morgan fingerprint density at radius 1 is 1.20 bits per heavy atom. The maximum atomic E-state index is 5.61. The molecule has 25 heavy (non-hydrogen) atoms. The number of unbranched alkanes of at least 4 members (excludes halogenated alkanes) is 3. The summed E-state index contributed by atoms with van der Waals surface area (Å²) in [5.74, 6) is 0.898. The summed E-state index contributed by atoms with van der Waals surface area (Å²) in [6, 6.07) is 6.76. The molecule has 2 rings (SSSR count). The predicted molar refractivity (Wildman–Crippen MR) is 108 cm³/mol. The predicted octanol–water partition coefficient (Wildman–Crippen LogP) is 4.68. The number of benzene rings is 1. The Balaban J connectivity index is 2.36. The van der Waals surface area contributed by atoms with Crippen molar-refractivity contribution in [3.63, 3.8) is 0 Å². The van der Waals surface area contributed by atoms with Gasteiger partial charge in [0.25, 0.3) is 0 Å². The summed E-state index contributed by atoms with van der Waals surface area (Å²) >= 11 is 0. The highest BCUT2D eigenvalue weighted by Crippen LogP contribution is 2.34. The molecule has 0 aliphatic rings. The molecule has 0 saturated carbocycles. The third-order valence-electron chi connectivity index (χ3n) is 5.04. The summed E-state index contributed by atoms with van der Waals surface area (Å²) < 4.78 is 5.57. The minimum atomic E-state index is 0.465. The number of pyridine rings is 1. The Morgan fingerprint density at radius 2 is 1.96 bits per heavy atom. The quantitative estimate of drug-likeness (QED) is 0.637. The van der Waals surface area contributed by atoms with Gasteiger partial charge in [0.05, 0.1) is 18.3 Å². The molecule has 4 nitrogen and oxygen atoms in total. The Morgan fingerprint density at radius 3 is 2.64 bits per heavy atom. The first-order chi connectivity index (χ1) is 12.1. The van der Waals surface area contributed by atoms with E-state index in [-0.39, 0.29) is 0 Å². The molecule has 0 bridgehead atoms. The van der Waals surface area contributed by atoms with E-state index in [9.17, 15) is 0 Å². The molecule has 2 N–H and O–H groups in total. The van der Waals surface area contributed by atoms with Crippen LogP contribution in [0.25, 0.3) is 10.9 Å². The van der Waals surface area contributed by atoms with Gasteiger partial charge in [-0.15, -0.1) is 0 Å². The molecule has 0 saturated heterocycles. The van der Waals surface area contributed by atoms with Crippen LogP contribution < -0.4 is 15.4 Å². The van der Waals surface area contributed by atoms with Crippen molar-refractivity contribution in [1.29, 1.82) is 0 Å². The monoisotopic (exact) mass is 343 g/mol. The number of nitrogens with two attached hydrogens (primary N) is 1. The van der Waals surface area contributed by atoms with Gasteiger partial charge in [0.15, 0.2) is 0 Å². The molecular weight excluding hydrogens is 310 g/mol. The molecule has 0 spiro atoms. The van der Waals surface area contributed by atoms with Crippen molar-refractivity contribution in [2.45, 2.75) is 58.9 Å². The number of hydrogen-bond donors (Lipinski definition) is 1. The summed E-state index contributed by atoms with van der Waals surface area (Å²) in [6.45, 7) is 8.50. The van der Waals surface area contributed by atoms with Crippen LogP contribution in [0.2, 0.25) is 0 Å². The SMILES string of the molecule is CCC(C)N(CCCCCCN)c1cc(OC)cc2c(C)ccnc12. The van der Waals surface area contributed by atoms with Crippen molar-refractivity contribution in [3.8, 4) is 5.75 Å². The molecule has 138 valence electrons. The maximum absolute atomic E-state index is 5.61. The van der Waals surface area contributed by atoms with Gasteiger partial charge < -0.3 is 15.4 Å². The Labute approximate surface area is 152 Å². The Bertz CT molecular complexity index is 671. The average molecular weight is 344 g/mol. The number of anilines is 1. The van der Waals surface area contributed by atoms with E-state index in [2.05, 4.69) is 43.9 Å². The number of nitrogens with zero attached hydrogens (tertiary/aromatic N) is 2. The van der Waals surface area contributed by atoms with Crippen molar-refractivity contribution >= 4 is 16.6 Å². The Kier molecular flexibility index (Phi) is 7.51. The number of fused-ring (bicyclic) bond motifs is 1. The zero-order valence-electron chi connectivity index (χ0n) is 16.2. The van der Waals surface area contributed by atoms with Crippen molar-refractivity contribution in [1.82, 2.24) is 4.98 Å². The molecule has 4 heteroatoms. The molecule has 1 heterocycles. The number of rotatable bonds is 10. The van der Waals surface area contributed by atoms with Gasteiger partial charge in [0.1, 0.15) is 5.75 Å². The maximum Gasteiger partial charge on any atom is 0.121 e. The summed E-state index contributed by atoms with van der Waals surface area (Å²) in [6.07, 6.45) is 7.73. The van der Waals surface area contributed by atoms with E-state index in [1.54, 1.807) is 7.11 Å². The highest BCUT2D eigenvalue weighted by Gasteiger charge is 2.18. The molecule has 0 radical (unpaired) electrons. The largest absolute Gasteiger partial charge is 0.497 e. The molecule has 0 amide bonds. The second-order valence-electron chi connectivity index (χ2n) is 6.82. The van der Waals surface area contributed by atoms with Crippen LogP contribution in [0.1, 0.15) is 51.5 Å². The average Bonchev–Trinajstić information content (AvgIpc) is 2.64. The van der Waals surface area contributed by atoms with E-state index in [1.807, 2.05) is 6.20 Å². The van der Waals surface area contributed by atoms with E-state index in [0.29, 0.717) is 6.04 Å². The lowest BCUT2D eigenvalue weighted by atomic mass is 10.1. The minimum absolute atomic E-state index is 0.465. The lowest BCUT2D eigenvalue weighted by Crippen LogP contribution is -2.33. The first-order valence-corrected chi connectivity index (χ1v) is 9.52. The molecule has 1 unspecified atom stereocenters. The zero-order chi connectivity index (χ0) is 18.2. The van der Waals surface area contributed by atoms with E-state index < -0.39 is 0 Å². The fraction of sp³-hybridized carbons (Fsp3) is 0.571. The molecule has 1 atom stereocenters. The molecule has 0 fully saturated rings. The van der Waals surface area contributed by atoms with Crippen LogP contribution >= 0.6 is 0 Å². The van der Waals surface area contributed by atoms with Crippen molar-refractivity contribution in [2.75, 3.05) is 25.1 Å². The molecule has 0 aliphatic carbocycles. The van der Waals surface area contributed by atoms with Crippen molar-refractivity contribution in [2.24, 2.45) is 5.73 Å². The first kappa shape index (κ1) is 19.5. The van der Waals surface area contributed by atoms with Gasteiger partial charge in [-0.1, -0.05) is 19.8 Å². The van der Waals surface area contributed by atoms with Gasteiger partial charge in [0.2, 0.25) is 0 Å². The lowest BCUT2D eigenvalue weighted by Gasteiger charge is -2.32. The first-order valence-electron chi connectivity index (χ1n) is 9.52. The van der Waals surface area contributed by atoms with Gasteiger partial charge in [0, 0.05) is 30.2 Å². The van der Waals surface area contributed by atoms with Gasteiger partial charge in [-0.2, -0.15) is 0 Å². The molecule has 2 aromatic rings. The van der Waals surface area contributed by atoms with Crippen LogP contribution in [0, 0.1) is 6.92 Å². The van der Waals surface area contributed by atoms with Gasteiger partial charge in [-0.25, -0.2) is 0 Å². The summed E-state index contributed by atoms with van der Waals surface area (Å²) in [7, 11) is 1.73. The topological polar surface area (TPSA) is 51.4 Å². The van der Waals surface area contributed by atoms with Gasteiger partial charge in [-0.3, -0.25) is 4.98 Å². The van der Waals surface area contributed by atoms with E-state index in [1.165, 1.54) is 35.9 Å². The minimum Gasteiger partial charge on any atom is -0.497 e. The third kappa shape index (κ3) is 4.85. The fourth-order valence-corrected chi connectivity index (χ4v) is 3.26. The second kappa shape index (κ2) is 9.62. The van der Waals surface area contributed by atoms with E-state index >= 15 is 0 Å². The van der Waals surface area contributed by atoms with Crippen LogP contribution in [-0.4, -0.2) is 31.2 Å².